The Balaban J connectivity index is 1.81. The van der Waals surface area contributed by atoms with Gasteiger partial charge in [-0.15, -0.1) is 0 Å². The average molecular weight is 533 g/mol. The van der Waals surface area contributed by atoms with Crippen molar-refractivity contribution in [3.8, 4) is 17.2 Å². The molecule has 3 rings (SSSR count). The Morgan fingerprint density at radius 1 is 1.24 bits per heavy atom. The zero-order valence-corrected chi connectivity index (χ0v) is 21.9. The van der Waals surface area contributed by atoms with Gasteiger partial charge >= 0.3 is 11.9 Å². The average Bonchev–Trinajstić information content (AvgIpc) is 2.91. The van der Waals surface area contributed by atoms with Crippen LogP contribution in [-0.4, -0.2) is 60.9 Å². The van der Waals surface area contributed by atoms with Gasteiger partial charge in [0.1, 0.15) is 35.9 Å². The Bertz CT molecular complexity index is 1130. The van der Waals surface area contributed by atoms with Crippen LogP contribution in [0, 0.1) is 5.82 Å². The topological polar surface area (TPSA) is 122 Å². The van der Waals surface area contributed by atoms with E-state index in [-0.39, 0.29) is 23.6 Å². The van der Waals surface area contributed by atoms with Crippen LogP contribution in [0.5, 0.6) is 17.2 Å². The monoisotopic (exact) mass is 532 g/mol. The molecule has 10 nitrogen and oxygen atoms in total. The molecular weight excluding hydrogens is 499 g/mol. The van der Waals surface area contributed by atoms with E-state index >= 15 is 0 Å². The van der Waals surface area contributed by atoms with Gasteiger partial charge in [-0.1, -0.05) is 13.0 Å². The molecule has 1 fully saturated rings. The molecule has 2 heterocycles. The number of nitrogens with zero attached hydrogens (tertiary/aromatic N) is 1. The number of rotatable bonds is 9. The molecule has 1 aliphatic rings. The third-order valence-electron chi connectivity index (χ3n) is 5.85. The highest BCUT2D eigenvalue weighted by molar-refractivity contribution is 5.98. The maximum absolute atomic E-state index is 13.8. The molecule has 0 bridgehead atoms. The van der Waals surface area contributed by atoms with E-state index in [1.54, 1.807) is 19.1 Å². The van der Waals surface area contributed by atoms with Gasteiger partial charge in [0.25, 0.3) is 5.91 Å². The molecule has 206 valence electrons. The third-order valence-corrected chi connectivity index (χ3v) is 5.85. The number of aromatic nitrogens is 1. The zero-order valence-electron chi connectivity index (χ0n) is 21.9. The maximum Gasteiger partial charge on any atom is 0.329 e. The zero-order chi connectivity index (χ0) is 27.7. The minimum absolute atomic E-state index is 0.138. The molecule has 1 N–H and O–H groups in total. The van der Waals surface area contributed by atoms with Crippen LogP contribution < -0.4 is 19.5 Å². The fourth-order valence-corrected chi connectivity index (χ4v) is 4.13. The molecule has 0 unspecified atom stereocenters. The molecule has 38 heavy (non-hydrogen) atoms. The summed E-state index contributed by atoms with van der Waals surface area (Å²) in [5.74, 6) is -2.16. The molecule has 0 radical (unpaired) electrons. The van der Waals surface area contributed by atoms with Gasteiger partial charge in [-0.25, -0.2) is 14.2 Å². The Morgan fingerprint density at radius 2 is 2.03 bits per heavy atom. The number of hydrogen-bond donors (Lipinski definition) is 1. The van der Waals surface area contributed by atoms with Gasteiger partial charge in [-0.2, -0.15) is 0 Å². The number of hydrogen-bond acceptors (Lipinski definition) is 9. The number of nitrogens with one attached hydrogen (secondary N) is 1. The van der Waals surface area contributed by atoms with Crippen LogP contribution in [0.3, 0.4) is 0 Å². The van der Waals surface area contributed by atoms with E-state index in [2.05, 4.69) is 10.3 Å². The van der Waals surface area contributed by atoms with Gasteiger partial charge in [0.2, 0.25) is 5.75 Å². The normalized spacial score (nSPS) is 21.8. The lowest BCUT2D eigenvalue weighted by atomic mass is 10.0. The number of carbonyl (C=O) groups excluding carboxylic acids is 3. The highest BCUT2D eigenvalue weighted by atomic mass is 19.1. The lowest BCUT2D eigenvalue weighted by molar-refractivity contribution is -0.163. The molecule has 11 heteroatoms. The van der Waals surface area contributed by atoms with E-state index in [0.29, 0.717) is 25.2 Å². The highest BCUT2D eigenvalue weighted by Gasteiger charge is 2.36. The van der Waals surface area contributed by atoms with Crippen molar-refractivity contribution in [2.75, 3.05) is 13.7 Å². The number of halogens is 1. The van der Waals surface area contributed by atoms with Crippen molar-refractivity contribution in [1.29, 1.82) is 0 Å². The number of pyridine rings is 1. The first kappa shape index (κ1) is 28.8. The Morgan fingerprint density at radius 3 is 2.71 bits per heavy atom. The fourth-order valence-electron chi connectivity index (χ4n) is 4.13. The van der Waals surface area contributed by atoms with E-state index in [0.717, 1.165) is 6.42 Å². The summed E-state index contributed by atoms with van der Waals surface area (Å²) in [6, 6.07) is 6.23. The number of amides is 1. The van der Waals surface area contributed by atoms with Crippen LogP contribution in [0.1, 0.15) is 56.9 Å². The largest absolute Gasteiger partial charge is 0.493 e. The van der Waals surface area contributed by atoms with E-state index in [1.807, 2.05) is 6.92 Å². The fraction of sp³-hybridized carbons (Fsp3) is 0.481. The molecule has 1 amide bonds. The van der Waals surface area contributed by atoms with Gasteiger partial charge < -0.3 is 29.0 Å². The minimum Gasteiger partial charge on any atom is -0.493 e. The molecular formula is C27H33FN2O8. The van der Waals surface area contributed by atoms with Crippen LogP contribution in [0.25, 0.3) is 0 Å². The summed E-state index contributed by atoms with van der Waals surface area (Å²) in [6.45, 7) is 5.24. The number of cyclic esters (lactones) is 1. The molecule has 1 saturated heterocycles. The van der Waals surface area contributed by atoms with Crippen LogP contribution in [0.2, 0.25) is 0 Å². The second-order valence-corrected chi connectivity index (χ2v) is 8.83. The number of carbonyl (C=O) groups is 3. The maximum atomic E-state index is 13.8. The van der Waals surface area contributed by atoms with Crippen molar-refractivity contribution in [2.24, 2.45) is 0 Å². The summed E-state index contributed by atoms with van der Waals surface area (Å²) in [5, 5.41) is 2.64. The van der Waals surface area contributed by atoms with Gasteiger partial charge in [0.15, 0.2) is 11.4 Å². The molecule has 0 saturated carbocycles. The first-order valence-electron chi connectivity index (χ1n) is 12.5. The first-order chi connectivity index (χ1) is 18.2. The van der Waals surface area contributed by atoms with Crippen molar-refractivity contribution in [1.82, 2.24) is 10.3 Å². The molecule has 1 aromatic heterocycles. The van der Waals surface area contributed by atoms with Crippen molar-refractivity contribution >= 4 is 17.8 Å². The van der Waals surface area contributed by atoms with E-state index in [9.17, 15) is 18.8 Å². The second-order valence-electron chi connectivity index (χ2n) is 8.83. The Labute approximate surface area is 220 Å². The second kappa shape index (κ2) is 13.7. The molecule has 1 aliphatic heterocycles. The predicted octanol–water partition coefficient (Wildman–Crippen LogP) is 3.61. The number of benzene rings is 1. The van der Waals surface area contributed by atoms with Gasteiger partial charge in [0, 0.05) is 31.9 Å². The Hall–Kier alpha value is -3.73. The van der Waals surface area contributed by atoms with Crippen LogP contribution >= 0.6 is 0 Å². The van der Waals surface area contributed by atoms with E-state index < -0.39 is 48.0 Å². The minimum atomic E-state index is -1.01. The highest BCUT2D eigenvalue weighted by Crippen LogP contribution is 2.30. The van der Waals surface area contributed by atoms with E-state index in [1.165, 1.54) is 38.4 Å². The summed E-state index contributed by atoms with van der Waals surface area (Å²) in [4.78, 5) is 41.8. The number of ether oxygens (including phenoxy) is 5. The third kappa shape index (κ3) is 7.64. The van der Waals surface area contributed by atoms with Crippen molar-refractivity contribution in [3.63, 3.8) is 0 Å². The quantitative estimate of drug-likeness (QED) is 0.483. The lowest BCUT2D eigenvalue weighted by Gasteiger charge is -2.31. The standard InChI is InChI=1S/C27H33FN2O8/c1-5-14-35-24-16(2)36-27(33)20(10-7-11-22(24)38-19-9-6-8-18(28)15-19)30-26(32)23-25(37-17(3)31)21(34-4)12-13-29-23/h6,8-9,12-13,15-16,20,22,24H,5,7,10-11,14H2,1-4H3,(H,30,32)/t16-,20-,22-,24-/m0/s1. The first-order valence-corrected chi connectivity index (χ1v) is 12.5. The van der Waals surface area contributed by atoms with Crippen LogP contribution in [-0.2, 0) is 19.1 Å². The molecule has 0 spiro atoms. The lowest BCUT2D eigenvalue weighted by Crippen LogP contribution is -2.46. The Kier molecular flexibility index (Phi) is 10.4. The van der Waals surface area contributed by atoms with E-state index in [4.69, 9.17) is 23.7 Å². The number of methoxy groups -OCH3 is 1. The van der Waals surface area contributed by atoms with Crippen molar-refractivity contribution < 1.29 is 42.5 Å². The molecule has 1 aromatic carbocycles. The summed E-state index contributed by atoms with van der Waals surface area (Å²) < 4.78 is 41.9. The predicted molar refractivity (Wildman–Crippen MR) is 134 cm³/mol. The van der Waals surface area contributed by atoms with Gasteiger partial charge in [-0.3, -0.25) is 9.59 Å². The smallest absolute Gasteiger partial charge is 0.329 e. The molecule has 2 aromatic rings. The van der Waals surface area contributed by atoms with Gasteiger partial charge in [0.05, 0.1) is 7.11 Å². The van der Waals surface area contributed by atoms with Crippen molar-refractivity contribution in [3.05, 3.63) is 48.0 Å². The van der Waals surface area contributed by atoms with Crippen molar-refractivity contribution in [2.45, 2.75) is 70.8 Å². The number of esters is 2. The molecule has 4 atom stereocenters. The summed E-state index contributed by atoms with van der Waals surface area (Å²) in [7, 11) is 1.36. The summed E-state index contributed by atoms with van der Waals surface area (Å²) >= 11 is 0. The summed E-state index contributed by atoms with van der Waals surface area (Å²) in [5.41, 5.74) is -0.211. The molecule has 0 aliphatic carbocycles. The van der Waals surface area contributed by atoms with Crippen LogP contribution in [0.15, 0.2) is 36.5 Å². The summed E-state index contributed by atoms with van der Waals surface area (Å²) in [6.07, 6.45) is 1.33. The van der Waals surface area contributed by atoms with Gasteiger partial charge in [-0.05, 0) is 44.7 Å². The SMILES string of the molecule is CCCO[C@H]1[C@H](C)OC(=O)[C@@H](NC(=O)c2nccc(OC)c2OC(C)=O)CCC[C@@H]1Oc1cccc(F)c1. The van der Waals surface area contributed by atoms with Crippen LogP contribution in [0.4, 0.5) is 4.39 Å².